The number of sulfonamides is 1. The minimum absolute atomic E-state index is 0.0259. The predicted octanol–water partition coefficient (Wildman–Crippen LogP) is 1.98. The van der Waals surface area contributed by atoms with E-state index in [0.29, 0.717) is 5.69 Å². The summed E-state index contributed by atoms with van der Waals surface area (Å²) in [5.41, 5.74) is 2.42. The molecule has 1 aromatic rings. The minimum Gasteiger partial charge on any atom is -0.352 e. The van der Waals surface area contributed by atoms with Crippen molar-refractivity contribution < 1.29 is 13.2 Å². The molecule has 1 N–H and O–H groups in total. The zero-order chi connectivity index (χ0) is 16.2. The van der Waals surface area contributed by atoms with Crippen LogP contribution < -0.4 is 9.62 Å². The molecule has 0 saturated carbocycles. The van der Waals surface area contributed by atoms with E-state index < -0.39 is 10.0 Å². The summed E-state index contributed by atoms with van der Waals surface area (Å²) in [6.07, 6.45) is 1.91. The van der Waals surface area contributed by atoms with E-state index in [-0.39, 0.29) is 18.5 Å². The molecule has 0 heterocycles. The van der Waals surface area contributed by atoms with Gasteiger partial charge in [-0.2, -0.15) is 0 Å². The van der Waals surface area contributed by atoms with E-state index in [1.54, 1.807) is 6.07 Å². The second kappa shape index (κ2) is 6.93. The number of benzene rings is 1. The van der Waals surface area contributed by atoms with Crippen molar-refractivity contribution in [3.8, 4) is 0 Å². The topological polar surface area (TPSA) is 66.5 Å². The molecule has 0 saturated heterocycles. The number of hydrogen-bond donors (Lipinski definition) is 1. The molecule has 1 amide bonds. The highest BCUT2D eigenvalue weighted by Crippen LogP contribution is 2.23. The van der Waals surface area contributed by atoms with Gasteiger partial charge < -0.3 is 5.32 Å². The molecule has 0 spiro atoms. The predicted molar refractivity (Wildman–Crippen MR) is 86.0 cm³/mol. The monoisotopic (exact) mass is 312 g/mol. The highest BCUT2D eigenvalue weighted by molar-refractivity contribution is 7.92. The van der Waals surface area contributed by atoms with Gasteiger partial charge >= 0.3 is 0 Å². The molecule has 1 atom stereocenters. The third-order valence-corrected chi connectivity index (χ3v) is 4.45. The zero-order valence-corrected chi connectivity index (χ0v) is 14.1. The lowest BCUT2D eigenvalue weighted by Crippen LogP contribution is -2.43. The largest absolute Gasteiger partial charge is 0.352 e. The Kier molecular flexibility index (Phi) is 5.78. The minimum atomic E-state index is -3.52. The number of carbonyl (C=O) groups is 1. The van der Waals surface area contributed by atoms with Crippen LogP contribution in [0.2, 0.25) is 0 Å². The summed E-state index contributed by atoms with van der Waals surface area (Å²) < 4.78 is 25.2. The average molecular weight is 312 g/mol. The van der Waals surface area contributed by atoms with Crippen LogP contribution in [0, 0.1) is 13.8 Å². The number of carbonyl (C=O) groups excluding carboxylic acids is 1. The van der Waals surface area contributed by atoms with E-state index in [1.165, 1.54) is 0 Å². The SMILES string of the molecule is CC[C@@H](C)NC(=O)CN(c1ccc(C)cc1C)S(C)(=O)=O. The standard InChI is InChI=1S/C15H24N2O3S/c1-6-13(4)16-15(18)10-17(21(5,19)20)14-8-7-11(2)9-12(14)3/h7-9,13H,6,10H2,1-5H3,(H,16,18)/t13-/m1/s1. The zero-order valence-electron chi connectivity index (χ0n) is 13.3. The van der Waals surface area contributed by atoms with Gasteiger partial charge in [0.1, 0.15) is 6.54 Å². The number of hydrogen-bond acceptors (Lipinski definition) is 3. The molecule has 0 radical (unpaired) electrons. The van der Waals surface area contributed by atoms with Gasteiger partial charge in [-0.3, -0.25) is 9.10 Å². The van der Waals surface area contributed by atoms with Crippen LogP contribution >= 0.6 is 0 Å². The van der Waals surface area contributed by atoms with Crippen LogP contribution in [0.5, 0.6) is 0 Å². The van der Waals surface area contributed by atoms with Gasteiger partial charge in [0.15, 0.2) is 0 Å². The summed E-state index contributed by atoms with van der Waals surface area (Å²) in [7, 11) is -3.52. The Balaban J connectivity index is 3.05. The maximum atomic E-state index is 12.0. The number of anilines is 1. The fourth-order valence-electron chi connectivity index (χ4n) is 2.02. The van der Waals surface area contributed by atoms with E-state index in [1.807, 2.05) is 39.8 Å². The van der Waals surface area contributed by atoms with Crippen molar-refractivity contribution >= 4 is 21.6 Å². The summed E-state index contributed by atoms with van der Waals surface area (Å²) in [5, 5.41) is 2.79. The van der Waals surface area contributed by atoms with Gasteiger partial charge in [-0.15, -0.1) is 0 Å². The highest BCUT2D eigenvalue weighted by Gasteiger charge is 2.22. The lowest BCUT2D eigenvalue weighted by Gasteiger charge is -2.24. The van der Waals surface area contributed by atoms with Crippen molar-refractivity contribution in [2.24, 2.45) is 0 Å². The van der Waals surface area contributed by atoms with Crippen LogP contribution in [-0.4, -0.2) is 33.2 Å². The van der Waals surface area contributed by atoms with E-state index in [0.717, 1.165) is 28.1 Å². The van der Waals surface area contributed by atoms with E-state index >= 15 is 0 Å². The van der Waals surface area contributed by atoms with Gasteiger partial charge in [-0.25, -0.2) is 8.42 Å². The Bertz CT molecular complexity index is 611. The molecule has 0 unspecified atom stereocenters. The van der Waals surface area contributed by atoms with E-state index in [9.17, 15) is 13.2 Å². The van der Waals surface area contributed by atoms with Gasteiger partial charge in [-0.05, 0) is 38.8 Å². The Morgan fingerprint density at radius 3 is 2.43 bits per heavy atom. The Morgan fingerprint density at radius 1 is 1.33 bits per heavy atom. The molecule has 118 valence electrons. The van der Waals surface area contributed by atoms with Crippen LogP contribution in [0.1, 0.15) is 31.4 Å². The molecule has 5 nitrogen and oxygen atoms in total. The maximum Gasteiger partial charge on any atom is 0.240 e. The Hall–Kier alpha value is -1.56. The molecular formula is C15H24N2O3S. The molecule has 1 rings (SSSR count). The van der Waals surface area contributed by atoms with Crippen LogP contribution in [-0.2, 0) is 14.8 Å². The lowest BCUT2D eigenvalue weighted by molar-refractivity contribution is -0.120. The number of nitrogens with zero attached hydrogens (tertiary/aromatic N) is 1. The Morgan fingerprint density at radius 2 is 1.95 bits per heavy atom. The molecule has 0 fully saturated rings. The summed E-state index contributed by atoms with van der Waals surface area (Å²) in [4.78, 5) is 12.0. The molecule has 0 aliphatic heterocycles. The fourth-order valence-corrected chi connectivity index (χ4v) is 2.93. The first-order chi connectivity index (χ1) is 9.65. The van der Waals surface area contributed by atoms with Crippen LogP contribution in [0.15, 0.2) is 18.2 Å². The van der Waals surface area contributed by atoms with Gasteiger partial charge in [-0.1, -0.05) is 24.6 Å². The summed E-state index contributed by atoms with van der Waals surface area (Å²) >= 11 is 0. The van der Waals surface area contributed by atoms with Crippen molar-refractivity contribution in [3.63, 3.8) is 0 Å². The number of amides is 1. The second-order valence-electron chi connectivity index (χ2n) is 5.44. The molecule has 0 aliphatic rings. The molecule has 0 aliphatic carbocycles. The van der Waals surface area contributed by atoms with Gasteiger partial charge in [0.2, 0.25) is 15.9 Å². The van der Waals surface area contributed by atoms with Crippen molar-refractivity contribution in [2.75, 3.05) is 17.1 Å². The van der Waals surface area contributed by atoms with Crippen molar-refractivity contribution in [1.82, 2.24) is 5.32 Å². The summed E-state index contributed by atoms with van der Waals surface area (Å²) in [6.45, 7) is 7.43. The molecule has 0 aromatic heterocycles. The molecule has 1 aromatic carbocycles. The molecule has 0 bridgehead atoms. The van der Waals surface area contributed by atoms with E-state index in [4.69, 9.17) is 0 Å². The first kappa shape index (κ1) is 17.5. The van der Waals surface area contributed by atoms with Gasteiger partial charge in [0.25, 0.3) is 0 Å². The van der Waals surface area contributed by atoms with Crippen molar-refractivity contribution in [2.45, 2.75) is 40.2 Å². The first-order valence-corrected chi connectivity index (χ1v) is 8.84. The van der Waals surface area contributed by atoms with E-state index in [2.05, 4.69) is 5.32 Å². The quantitative estimate of drug-likeness (QED) is 0.873. The van der Waals surface area contributed by atoms with Crippen LogP contribution in [0.25, 0.3) is 0 Å². The summed E-state index contributed by atoms with van der Waals surface area (Å²) in [5.74, 6) is -0.297. The number of aryl methyl sites for hydroxylation is 2. The Labute approximate surface area is 127 Å². The maximum absolute atomic E-state index is 12.0. The van der Waals surface area contributed by atoms with Gasteiger partial charge in [0.05, 0.1) is 11.9 Å². The third-order valence-electron chi connectivity index (χ3n) is 3.33. The smallest absolute Gasteiger partial charge is 0.240 e. The summed E-state index contributed by atoms with van der Waals surface area (Å²) in [6, 6.07) is 5.51. The van der Waals surface area contributed by atoms with Gasteiger partial charge in [0, 0.05) is 6.04 Å². The third kappa shape index (κ3) is 5.04. The average Bonchev–Trinajstić information content (AvgIpc) is 2.35. The van der Waals surface area contributed by atoms with Crippen LogP contribution in [0.4, 0.5) is 5.69 Å². The normalized spacial score (nSPS) is 12.8. The number of nitrogens with one attached hydrogen (secondary N) is 1. The molecule has 6 heteroatoms. The lowest BCUT2D eigenvalue weighted by atomic mass is 10.1. The molecular weight excluding hydrogens is 288 g/mol. The first-order valence-electron chi connectivity index (χ1n) is 6.99. The molecule has 21 heavy (non-hydrogen) atoms. The highest BCUT2D eigenvalue weighted by atomic mass is 32.2. The van der Waals surface area contributed by atoms with Crippen LogP contribution in [0.3, 0.4) is 0 Å². The fraction of sp³-hybridized carbons (Fsp3) is 0.533. The second-order valence-corrected chi connectivity index (χ2v) is 7.34. The number of rotatable bonds is 6. The van der Waals surface area contributed by atoms with Crippen molar-refractivity contribution in [3.05, 3.63) is 29.3 Å². The van der Waals surface area contributed by atoms with Crippen molar-refractivity contribution in [1.29, 1.82) is 0 Å².